The number of ether oxygens (including phenoxy) is 2. The molecule has 0 amide bonds. The summed E-state index contributed by atoms with van der Waals surface area (Å²) in [5.74, 6) is 0. The monoisotopic (exact) mass is 238 g/mol. The maximum Gasteiger partial charge on any atom is 0.159 e. The van der Waals surface area contributed by atoms with Crippen LogP contribution in [-0.4, -0.2) is 29.3 Å². The molecule has 0 aliphatic carbocycles. The summed E-state index contributed by atoms with van der Waals surface area (Å²) in [5, 5.41) is 4.57. The van der Waals surface area contributed by atoms with Gasteiger partial charge in [0, 0.05) is 18.7 Å². The van der Waals surface area contributed by atoms with Gasteiger partial charge in [0.1, 0.15) is 0 Å². The van der Waals surface area contributed by atoms with E-state index in [2.05, 4.69) is 30.6 Å². The van der Waals surface area contributed by atoms with Gasteiger partial charge in [-0.05, 0) is 32.3 Å². The number of aromatic nitrogens is 2. The first-order valence-electron chi connectivity index (χ1n) is 6.48. The van der Waals surface area contributed by atoms with Crippen LogP contribution in [0, 0.1) is 13.8 Å². The minimum atomic E-state index is -0.0438. The van der Waals surface area contributed by atoms with Crippen LogP contribution < -0.4 is 0 Å². The summed E-state index contributed by atoms with van der Waals surface area (Å²) < 4.78 is 13.2. The summed E-state index contributed by atoms with van der Waals surface area (Å²) in [5.41, 5.74) is 3.80. The average molecular weight is 238 g/mol. The number of hydrogen-bond donors (Lipinski definition) is 0. The first kappa shape index (κ1) is 12.6. The van der Waals surface area contributed by atoms with E-state index < -0.39 is 0 Å². The Morgan fingerprint density at radius 1 is 1.29 bits per heavy atom. The highest BCUT2D eigenvalue weighted by Crippen LogP contribution is 2.15. The van der Waals surface area contributed by atoms with Crippen molar-refractivity contribution in [2.45, 2.75) is 52.9 Å². The third-order valence-electron chi connectivity index (χ3n) is 3.36. The zero-order valence-corrected chi connectivity index (χ0v) is 11.0. The fraction of sp³-hybridized carbons (Fsp3) is 0.769. The molecule has 4 heteroatoms. The van der Waals surface area contributed by atoms with Crippen molar-refractivity contribution >= 4 is 0 Å². The maximum atomic E-state index is 5.54. The lowest BCUT2D eigenvalue weighted by molar-refractivity contribution is -0.182. The lowest BCUT2D eigenvalue weighted by atomic mass is 10.1. The van der Waals surface area contributed by atoms with Crippen LogP contribution in [0.3, 0.4) is 0 Å². The van der Waals surface area contributed by atoms with Gasteiger partial charge >= 0.3 is 0 Å². The van der Waals surface area contributed by atoms with Crippen molar-refractivity contribution in [1.82, 2.24) is 9.78 Å². The van der Waals surface area contributed by atoms with E-state index in [0.717, 1.165) is 44.7 Å². The SMILES string of the molecule is CCc1c(C)nn(CCC2OCCCO2)c1C. The Labute approximate surface area is 103 Å². The molecule has 1 aliphatic rings. The lowest BCUT2D eigenvalue weighted by Crippen LogP contribution is -2.26. The fourth-order valence-corrected chi connectivity index (χ4v) is 2.39. The predicted molar refractivity (Wildman–Crippen MR) is 66.0 cm³/mol. The van der Waals surface area contributed by atoms with Gasteiger partial charge in [-0.25, -0.2) is 0 Å². The van der Waals surface area contributed by atoms with Crippen LogP contribution in [0.5, 0.6) is 0 Å². The van der Waals surface area contributed by atoms with Gasteiger partial charge in [0.15, 0.2) is 6.29 Å². The normalized spacial score (nSPS) is 17.6. The minimum absolute atomic E-state index is 0.0438. The van der Waals surface area contributed by atoms with Gasteiger partial charge in [-0.2, -0.15) is 5.10 Å². The van der Waals surface area contributed by atoms with Gasteiger partial charge in [-0.15, -0.1) is 0 Å². The number of rotatable bonds is 4. The van der Waals surface area contributed by atoms with E-state index in [-0.39, 0.29) is 6.29 Å². The highest BCUT2D eigenvalue weighted by atomic mass is 16.7. The minimum Gasteiger partial charge on any atom is -0.353 e. The van der Waals surface area contributed by atoms with Crippen LogP contribution in [0.15, 0.2) is 0 Å². The highest BCUT2D eigenvalue weighted by Gasteiger charge is 2.16. The van der Waals surface area contributed by atoms with Crippen molar-refractivity contribution in [3.8, 4) is 0 Å². The van der Waals surface area contributed by atoms with E-state index in [9.17, 15) is 0 Å². The van der Waals surface area contributed by atoms with Gasteiger partial charge in [0.2, 0.25) is 0 Å². The summed E-state index contributed by atoms with van der Waals surface area (Å²) in [6.45, 7) is 8.91. The van der Waals surface area contributed by atoms with Crippen LogP contribution >= 0.6 is 0 Å². The Kier molecular flexibility index (Phi) is 4.18. The number of hydrogen-bond acceptors (Lipinski definition) is 3. The van der Waals surface area contributed by atoms with Crippen LogP contribution in [-0.2, 0) is 22.4 Å². The molecule has 2 rings (SSSR count). The van der Waals surface area contributed by atoms with Crippen LogP contribution in [0.1, 0.15) is 36.7 Å². The van der Waals surface area contributed by atoms with Crippen molar-refractivity contribution in [1.29, 1.82) is 0 Å². The molecule has 0 N–H and O–H groups in total. The van der Waals surface area contributed by atoms with E-state index in [1.54, 1.807) is 0 Å². The molecule has 0 aromatic carbocycles. The predicted octanol–water partition coefficient (Wildman–Crippen LogP) is 2.22. The second-order valence-corrected chi connectivity index (χ2v) is 4.54. The Morgan fingerprint density at radius 3 is 2.59 bits per heavy atom. The van der Waals surface area contributed by atoms with Crippen molar-refractivity contribution in [3.05, 3.63) is 17.0 Å². The van der Waals surface area contributed by atoms with Crippen LogP contribution in [0.2, 0.25) is 0 Å². The molecule has 1 fully saturated rings. The Hall–Kier alpha value is -0.870. The average Bonchev–Trinajstić information content (AvgIpc) is 2.63. The molecular formula is C13H22N2O2. The standard InChI is InChI=1S/C13H22N2O2/c1-4-12-10(2)14-15(11(12)3)7-6-13-16-8-5-9-17-13/h13H,4-9H2,1-3H3. The molecule has 4 nitrogen and oxygen atoms in total. The van der Waals surface area contributed by atoms with Crippen molar-refractivity contribution in [2.75, 3.05) is 13.2 Å². The second kappa shape index (κ2) is 5.65. The van der Waals surface area contributed by atoms with Crippen molar-refractivity contribution < 1.29 is 9.47 Å². The molecule has 0 saturated carbocycles. The third-order valence-corrected chi connectivity index (χ3v) is 3.36. The first-order chi connectivity index (χ1) is 8.22. The quantitative estimate of drug-likeness (QED) is 0.807. The Bertz CT molecular complexity index is 368. The van der Waals surface area contributed by atoms with E-state index in [1.165, 1.54) is 11.3 Å². The van der Waals surface area contributed by atoms with E-state index >= 15 is 0 Å². The lowest BCUT2D eigenvalue weighted by Gasteiger charge is -2.23. The smallest absolute Gasteiger partial charge is 0.159 e. The molecule has 17 heavy (non-hydrogen) atoms. The fourth-order valence-electron chi connectivity index (χ4n) is 2.39. The summed E-state index contributed by atoms with van der Waals surface area (Å²) >= 11 is 0. The molecule has 0 radical (unpaired) electrons. The summed E-state index contributed by atoms with van der Waals surface area (Å²) in [7, 11) is 0. The van der Waals surface area contributed by atoms with E-state index in [0.29, 0.717) is 0 Å². The maximum absolute atomic E-state index is 5.54. The molecule has 0 atom stereocenters. The van der Waals surface area contributed by atoms with Crippen molar-refractivity contribution in [2.24, 2.45) is 0 Å². The molecular weight excluding hydrogens is 216 g/mol. The third kappa shape index (κ3) is 2.87. The number of nitrogens with zero attached hydrogens (tertiary/aromatic N) is 2. The second-order valence-electron chi connectivity index (χ2n) is 4.54. The topological polar surface area (TPSA) is 36.3 Å². The molecule has 96 valence electrons. The molecule has 0 spiro atoms. The molecule has 0 unspecified atom stereocenters. The zero-order chi connectivity index (χ0) is 12.3. The van der Waals surface area contributed by atoms with Gasteiger partial charge < -0.3 is 9.47 Å². The Morgan fingerprint density at radius 2 is 2.00 bits per heavy atom. The molecule has 1 aromatic rings. The summed E-state index contributed by atoms with van der Waals surface area (Å²) in [6.07, 6.45) is 2.90. The molecule has 1 aromatic heterocycles. The highest BCUT2D eigenvalue weighted by molar-refractivity contribution is 5.24. The molecule has 0 bridgehead atoms. The summed E-state index contributed by atoms with van der Waals surface area (Å²) in [6, 6.07) is 0. The van der Waals surface area contributed by atoms with Crippen LogP contribution in [0.25, 0.3) is 0 Å². The van der Waals surface area contributed by atoms with Crippen molar-refractivity contribution in [3.63, 3.8) is 0 Å². The largest absolute Gasteiger partial charge is 0.353 e. The van der Waals surface area contributed by atoms with Gasteiger partial charge in [-0.3, -0.25) is 4.68 Å². The van der Waals surface area contributed by atoms with E-state index in [4.69, 9.17) is 9.47 Å². The summed E-state index contributed by atoms with van der Waals surface area (Å²) in [4.78, 5) is 0. The molecule has 2 heterocycles. The first-order valence-corrected chi connectivity index (χ1v) is 6.48. The molecule has 1 saturated heterocycles. The zero-order valence-electron chi connectivity index (χ0n) is 11.0. The van der Waals surface area contributed by atoms with Gasteiger partial charge in [0.05, 0.1) is 18.9 Å². The molecule has 1 aliphatic heterocycles. The van der Waals surface area contributed by atoms with Gasteiger partial charge in [0.25, 0.3) is 0 Å². The number of aryl methyl sites for hydroxylation is 2. The Balaban J connectivity index is 1.94. The van der Waals surface area contributed by atoms with E-state index in [1.807, 2.05) is 0 Å². The van der Waals surface area contributed by atoms with Gasteiger partial charge in [-0.1, -0.05) is 6.92 Å². The van der Waals surface area contributed by atoms with Crippen LogP contribution in [0.4, 0.5) is 0 Å².